The predicted octanol–water partition coefficient (Wildman–Crippen LogP) is 1.58. The molecule has 0 atom stereocenters. The Hall–Kier alpha value is -1.20. The third-order valence-electron chi connectivity index (χ3n) is 2.10. The number of halogens is 1. The third kappa shape index (κ3) is 2.43. The second kappa shape index (κ2) is 4.55. The maximum atomic E-state index is 9.05. The molecule has 0 unspecified atom stereocenters. The normalized spacial score (nSPS) is 10.5. The number of pyridine rings is 1. The first-order valence-corrected chi connectivity index (χ1v) is 5.29. The van der Waals surface area contributed by atoms with E-state index >= 15 is 0 Å². The minimum Gasteiger partial charge on any atom is -0.390 e. The van der Waals surface area contributed by atoms with Crippen molar-refractivity contribution in [2.75, 3.05) is 0 Å². The van der Waals surface area contributed by atoms with Crippen LogP contribution in [-0.4, -0.2) is 19.6 Å². The van der Waals surface area contributed by atoms with Gasteiger partial charge in [0.15, 0.2) is 0 Å². The molecule has 0 aliphatic heterocycles. The summed E-state index contributed by atoms with van der Waals surface area (Å²) in [6.07, 6.45) is 5.16. The van der Waals surface area contributed by atoms with Gasteiger partial charge >= 0.3 is 0 Å². The average molecular weight is 268 g/mol. The van der Waals surface area contributed by atoms with Crippen LogP contribution in [0, 0.1) is 0 Å². The van der Waals surface area contributed by atoms with Gasteiger partial charge in [0.05, 0.1) is 31.4 Å². The van der Waals surface area contributed by atoms with Gasteiger partial charge in [-0.15, -0.1) is 0 Å². The zero-order valence-corrected chi connectivity index (χ0v) is 9.55. The van der Waals surface area contributed by atoms with E-state index in [0.29, 0.717) is 6.54 Å². The molecule has 2 heterocycles. The number of nitrogens with zero attached hydrogens (tertiary/aromatic N) is 3. The molecule has 15 heavy (non-hydrogen) atoms. The van der Waals surface area contributed by atoms with E-state index in [9.17, 15) is 0 Å². The van der Waals surface area contributed by atoms with E-state index in [1.54, 1.807) is 18.7 Å². The lowest BCUT2D eigenvalue weighted by atomic mass is 10.3. The van der Waals surface area contributed by atoms with Crippen molar-refractivity contribution in [1.82, 2.24) is 14.5 Å². The Morgan fingerprint density at radius 1 is 1.33 bits per heavy atom. The number of aromatic nitrogens is 3. The fourth-order valence-corrected chi connectivity index (χ4v) is 1.55. The molecule has 0 saturated carbocycles. The van der Waals surface area contributed by atoms with Crippen molar-refractivity contribution in [1.29, 1.82) is 0 Å². The molecule has 5 heteroatoms. The van der Waals surface area contributed by atoms with E-state index < -0.39 is 0 Å². The first kappa shape index (κ1) is 10.3. The first-order chi connectivity index (χ1) is 7.29. The molecule has 0 radical (unpaired) electrons. The highest BCUT2D eigenvalue weighted by Gasteiger charge is 2.01. The molecule has 78 valence electrons. The van der Waals surface area contributed by atoms with Crippen LogP contribution < -0.4 is 0 Å². The molecular weight excluding hydrogens is 258 g/mol. The Kier molecular flexibility index (Phi) is 3.13. The van der Waals surface area contributed by atoms with Crippen molar-refractivity contribution in [3.63, 3.8) is 0 Å². The standard InChI is InChI=1S/C10H10BrN3O/c11-10-2-1-8(3-13-10)5-14-7-12-4-9(14)6-15/h1-4,7,15H,5-6H2. The lowest BCUT2D eigenvalue weighted by Gasteiger charge is -2.05. The Morgan fingerprint density at radius 2 is 2.20 bits per heavy atom. The predicted molar refractivity (Wildman–Crippen MR) is 59.2 cm³/mol. The van der Waals surface area contributed by atoms with Crippen LogP contribution in [-0.2, 0) is 13.2 Å². The fraction of sp³-hybridized carbons (Fsp3) is 0.200. The number of imidazole rings is 1. The Bertz CT molecular complexity index is 438. The second-order valence-corrected chi connectivity index (χ2v) is 3.97. The van der Waals surface area contributed by atoms with Crippen molar-refractivity contribution in [2.45, 2.75) is 13.2 Å². The van der Waals surface area contributed by atoms with Gasteiger partial charge in [0.2, 0.25) is 0 Å². The molecule has 0 spiro atoms. The monoisotopic (exact) mass is 267 g/mol. The molecule has 0 aliphatic rings. The number of rotatable bonds is 3. The van der Waals surface area contributed by atoms with E-state index in [-0.39, 0.29) is 6.61 Å². The van der Waals surface area contributed by atoms with Gasteiger partial charge in [-0.3, -0.25) is 0 Å². The van der Waals surface area contributed by atoms with Crippen molar-refractivity contribution < 1.29 is 5.11 Å². The largest absolute Gasteiger partial charge is 0.390 e. The molecule has 0 bridgehead atoms. The Balaban J connectivity index is 2.18. The Morgan fingerprint density at radius 3 is 2.87 bits per heavy atom. The van der Waals surface area contributed by atoms with Gasteiger partial charge in [0, 0.05) is 6.20 Å². The van der Waals surface area contributed by atoms with Crippen LogP contribution in [0.4, 0.5) is 0 Å². The summed E-state index contributed by atoms with van der Waals surface area (Å²) in [6, 6.07) is 3.88. The van der Waals surface area contributed by atoms with Gasteiger partial charge in [-0.05, 0) is 27.6 Å². The van der Waals surface area contributed by atoms with Gasteiger partial charge in [-0.1, -0.05) is 6.07 Å². The van der Waals surface area contributed by atoms with Gasteiger partial charge in [-0.2, -0.15) is 0 Å². The quantitative estimate of drug-likeness (QED) is 0.860. The SMILES string of the molecule is OCc1cncn1Cc1ccc(Br)nc1. The third-order valence-corrected chi connectivity index (χ3v) is 2.57. The highest BCUT2D eigenvalue weighted by atomic mass is 79.9. The topological polar surface area (TPSA) is 50.9 Å². The molecule has 2 aromatic heterocycles. The lowest BCUT2D eigenvalue weighted by molar-refractivity contribution is 0.271. The zero-order valence-electron chi connectivity index (χ0n) is 7.97. The number of hydrogen-bond acceptors (Lipinski definition) is 3. The van der Waals surface area contributed by atoms with Crippen LogP contribution in [0.15, 0.2) is 35.5 Å². The van der Waals surface area contributed by atoms with Gasteiger partial charge in [0.1, 0.15) is 4.60 Å². The zero-order chi connectivity index (χ0) is 10.7. The number of aliphatic hydroxyl groups is 1. The van der Waals surface area contributed by atoms with Crippen molar-refractivity contribution in [2.24, 2.45) is 0 Å². The maximum absolute atomic E-state index is 9.05. The van der Waals surface area contributed by atoms with E-state index in [2.05, 4.69) is 25.9 Å². The average Bonchev–Trinajstić information content (AvgIpc) is 2.69. The van der Waals surface area contributed by atoms with E-state index in [0.717, 1.165) is 15.9 Å². The molecule has 0 aromatic carbocycles. The minimum atomic E-state index is 0.00393. The van der Waals surface area contributed by atoms with Crippen LogP contribution in [0.1, 0.15) is 11.3 Å². The molecule has 0 saturated heterocycles. The first-order valence-electron chi connectivity index (χ1n) is 4.50. The summed E-state index contributed by atoms with van der Waals surface area (Å²) in [6.45, 7) is 0.681. The molecule has 2 aromatic rings. The number of hydrogen-bond donors (Lipinski definition) is 1. The maximum Gasteiger partial charge on any atom is 0.106 e. The molecule has 0 fully saturated rings. The summed E-state index contributed by atoms with van der Waals surface area (Å²) in [5.74, 6) is 0. The highest BCUT2D eigenvalue weighted by Crippen LogP contribution is 2.09. The second-order valence-electron chi connectivity index (χ2n) is 3.16. The molecule has 0 aliphatic carbocycles. The minimum absolute atomic E-state index is 0.00393. The van der Waals surface area contributed by atoms with Crippen molar-refractivity contribution >= 4 is 15.9 Å². The molecule has 0 amide bonds. The molecule has 2 rings (SSSR count). The summed E-state index contributed by atoms with van der Waals surface area (Å²) in [4.78, 5) is 8.12. The van der Waals surface area contributed by atoms with Crippen LogP contribution in [0.3, 0.4) is 0 Å². The molecule has 4 nitrogen and oxygen atoms in total. The summed E-state index contributed by atoms with van der Waals surface area (Å²) in [5, 5.41) is 9.05. The Labute approximate surface area is 95.7 Å². The van der Waals surface area contributed by atoms with E-state index in [1.807, 2.05) is 16.7 Å². The van der Waals surface area contributed by atoms with Crippen LogP contribution in [0.5, 0.6) is 0 Å². The smallest absolute Gasteiger partial charge is 0.106 e. The number of aliphatic hydroxyl groups excluding tert-OH is 1. The summed E-state index contributed by atoms with van der Waals surface area (Å²) in [5.41, 5.74) is 1.88. The highest BCUT2D eigenvalue weighted by molar-refractivity contribution is 9.10. The van der Waals surface area contributed by atoms with Crippen LogP contribution >= 0.6 is 15.9 Å². The van der Waals surface area contributed by atoms with Gasteiger partial charge in [0.25, 0.3) is 0 Å². The molecule has 1 N–H and O–H groups in total. The summed E-state index contributed by atoms with van der Waals surface area (Å²) in [7, 11) is 0. The summed E-state index contributed by atoms with van der Waals surface area (Å²) >= 11 is 3.28. The van der Waals surface area contributed by atoms with Crippen molar-refractivity contribution in [3.8, 4) is 0 Å². The van der Waals surface area contributed by atoms with Gasteiger partial charge in [-0.25, -0.2) is 9.97 Å². The van der Waals surface area contributed by atoms with Crippen molar-refractivity contribution in [3.05, 3.63) is 46.7 Å². The van der Waals surface area contributed by atoms with Crippen LogP contribution in [0.2, 0.25) is 0 Å². The van der Waals surface area contributed by atoms with Gasteiger partial charge < -0.3 is 9.67 Å². The fourth-order valence-electron chi connectivity index (χ4n) is 1.32. The van der Waals surface area contributed by atoms with Crippen LogP contribution in [0.25, 0.3) is 0 Å². The molecular formula is C10H10BrN3O. The van der Waals surface area contributed by atoms with E-state index in [1.165, 1.54) is 0 Å². The lowest BCUT2D eigenvalue weighted by Crippen LogP contribution is -2.03. The van der Waals surface area contributed by atoms with E-state index in [4.69, 9.17) is 5.11 Å². The summed E-state index contributed by atoms with van der Waals surface area (Å²) < 4.78 is 2.71.